The minimum atomic E-state index is 0.851. The maximum Gasteiger partial charge on any atom is 0.0141 e. The lowest BCUT2D eigenvalue weighted by Gasteiger charge is -2.03. The molecular weight excluding hydrogens is 122 g/mol. The molecule has 0 amide bonds. The molecular formula is C9H19N. The molecule has 0 aliphatic carbocycles. The molecule has 0 fully saturated rings. The normalized spacial score (nSPS) is 9.90. The number of unbranched alkanes of at least 4 members (excludes halogenated alkanes) is 1. The van der Waals surface area contributed by atoms with Crippen molar-refractivity contribution in [1.29, 1.82) is 0 Å². The number of hydrogen-bond donors (Lipinski definition) is 1. The van der Waals surface area contributed by atoms with E-state index in [1.54, 1.807) is 6.20 Å². The Morgan fingerprint density at radius 3 is 2.60 bits per heavy atom. The first-order chi connectivity index (χ1) is 4.77. The van der Waals surface area contributed by atoms with E-state index >= 15 is 0 Å². The summed E-state index contributed by atoms with van der Waals surface area (Å²) in [6.07, 6.45) is 5.71. The van der Waals surface area contributed by atoms with Crippen LogP contribution in [0.25, 0.3) is 0 Å². The minimum Gasteiger partial charge on any atom is -0.391 e. The summed E-state index contributed by atoms with van der Waals surface area (Å²) < 4.78 is 0. The third-order valence-electron chi connectivity index (χ3n) is 1.50. The van der Waals surface area contributed by atoms with Crippen LogP contribution in [0.5, 0.6) is 0 Å². The van der Waals surface area contributed by atoms with E-state index in [2.05, 4.69) is 25.7 Å². The fourth-order valence-electron chi connectivity index (χ4n) is 0.882. The van der Waals surface area contributed by atoms with Gasteiger partial charge in [0.25, 0.3) is 0 Å². The maximum atomic E-state index is 3.58. The average Bonchev–Trinajstić information content (AvgIpc) is 1.87. The van der Waals surface area contributed by atoms with Crippen molar-refractivity contribution in [2.75, 3.05) is 6.54 Å². The van der Waals surface area contributed by atoms with E-state index in [0.29, 0.717) is 0 Å². The molecule has 0 aliphatic rings. The fraction of sp³-hybridized carbons (Fsp3) is 0.778. The average molecular weight is 141 g/mol. The number of nitrogens with one attached hydrogen (secondary N) is 1. The second kappa shape index (κ2) is 6.66. The lowest BCUT2D eigenvalue weighted by molar-refractivity contribution is 0.533. The smallest absolute Gasteiger partial charge is 0.0141 e. The predicted octanol–water partition coefficient (Wildman–Crippen LogP) is 2.55. The van der Waals surface area contributed by atoms with Gasteiger partial charge in [-0.3, -0.25) is 0 Å². The van der Waals surface area contributed by atoms with Gasteiger partial charge in [-0.15, -0.1) is 0 Å². The van der Waals surface area contributed by atoms with Gasteiger partial charge in [0, 0.05) is 6.54 Å². The molecule has 1 nitrogen and oxygen atoms in total. The Hall–Kier alpha value is -0.460. The fourth-order valence-corrected chi connectivity index (χ4v) is 0.882. The Morgan fingerprint density at radius 2 is 2.10 bits per heavy atom. The van der Waals surface area contributed by atoms with Gasteiger partial charge in [0.2, 0.25) is 0 Å². The molecule has 0 heterocycles. The zero-order valence-corrected chi connectivity index (χ0v) is 7.19. The van der Waals surface area contributed by atoms with Crippen molar-refractivity contribution in [3.05, 3.63) is 12.8 Å². The second-order valence-corrected chi connectivity index (χ2v) is 3.05. The summed E-state index contributed by atoms with van der Waals surface area (Å²) in [4.78, 5) is 0. The largest absolute Gasteiger partial charge is 0.391 e. The summed E-state index contributed by atoms with van der Waals surface area (Å²) in [5, 5.41) is 3.09. The first-order valence-corrected chi connectivity index (χ1v) is 4.11. The van der Waals surface area contributed by atoms with Gasteiger partial charge < -0.3 is 5.32 Å². The molecule has 1 N–H and O–H groups in total. The third kappa shape index (κ3) is 7.54. The van der Waals surface area contributed by atoms with Gasteiger partial charge in [0.15, 0.2) is 0 Å². The topological polar surface area (TPSA) is 12.0 Å². The third-order valence-corrected chi connectivity index (χ3v) is 1.50. The van der Waals surface area contributed by atoms with Crippen molar-refractivity contribution in [3.63, 3.8) is 0 Å². The SMILES string of the molecule is C=CNCCCCC(C)C. The Kier molecular flexibility index (Phi) is 6.35. The van der Waals surface area contributed by atoms with E-state index in [0.717, 1.165) is 12.5 Å². The molecule has 0 saturated carbocycles. The van der Waals surface area contributed by atoms with E-state index in [1.807, 2.05) is 0 Å². The van der Waals surface area contributed by atoms with Gasteiger partial charge in [-0.05, 0) is 18.5 Å². The molecule has 0 saturated heterocycles. The lowest BCUT2D eigenvalue weighted by atomic mass is 10.1. The quantitative estimate of drug-likeness (QED) is 0.560. The van der Waals surface area contributed by atoms with E-state index < -0.39 is 0 Å². The molecule has 10 heavy (non-hydrogen) atoms. The van der Waals surface area contributed by atoms with E-state index in [-0.39, 0.29) is 0 Å². The predicted molar refractivity (Wildman–Crippen MR) is 46.9 cm³/mol. The molecule has 0 unspecified atom stereocenters. The molecule has 0 aliphatic heterocycles. The highest BCUT2D eigenvalue weighted by Crippen LogP contribution is 2.04. The first-order valence-electron chi connectivity index (χ1n) is 4.11. The Morgan fingerprint density at radius 1 is 1.40 bits per heavy atom. The summed E-state index contributed by atoms with van der Waals surface area (Å²) in [6, 6.07) is 0. The van der Waals surface area contributed by atoms with Gasteiger partial charge >= 0.3 is 0 Å². The zero-order chi connectivity index (χ0) is 7.82. The molecule has 60 valence electrons. The van der Waals surface area contributed by atoms with Crippen molar-refractivity contribution in [2.45, 2.75) is 33.1 Å². The zero-order valence-electron chi connectivity index (χ0n) is 7.19. The van der Waals surface area contributed by atoms with Gasteiger partial charge in [-0.2, -0.15) is 0 Å². The number of rotatable bonds is 6. The van der Waals surface area contributed by atoms with Gasteiger partial charge in [-0.1, -0.05) is 33.3 Å². The van der Waals surface area contributed by atoms with Crippen LogP contribution >= 0.6 is 0 Å². The van der Waals surface area contributed by atoms with Crippen LogP contribution in [0.15, 0.2) is 12.8 Å². The highest BCUT2D eigenvalue weighted by Gasteiger charge is 1.91. The maximum absolute atomic E-state index is 3.58. The van der Waals surface area contributed by atoms with E-state index in [1.165, 1.54) is 19.3 Å². The van der Waals surface area contributed by atoms with Crippen LogP contribution < -0.4 is 5.32 Å². The molecule has 0 bridgehead atoms. The Balaban J connectivity index is 2.83. The van der Waals surface area contributed by atoms with Crippen molar-refractivity contribution < 1.29 is 0 Å². The van der Waals surface area contributed by atoms with Crippen LogP contribution in [0.3, 0.4) is 0 Å². The van der Waals surface area contributed by atoms with Gasteiger partial charge in [0.1, 0.15) is 0 Å². The summed E-state index contributed by atoms with van der Waals surface area (Å²) in [6.45, 7) is 9.19. The Bertz CT molecular complexity index is 76.8. The molecule has 0 rings (SSSR count). The van der Waals surface area contributed by atoms with Crippen LogP contribution in [0, 0.1) is 5.92 Å². The summed E-state index contributed by atoms with van der Waals surface area (Å²) in [5.41, 5.74) is 0. The van der Waals surface area contributed by atoms with Crippen LogP contribution in [-0.2, 0) is 0 Å². The van der Waals surface area contributed by atoms with E-state index in [9.17, 15) is 0 Å². The van der Waals surface area contributed by atoms with Crippen molar-refractivity contribution >= 4 is 0 Å². The lowest BCUT2D eigenvalue weighted by Crippen LogP contribution is -2.05. The van der Waals surface area contributed by atoms with Crippen molar-refractivity contribution in [3.8, 4) is 0 Å². The highest BCUT2D eigenvalue weighted by molar-refractivity contribution is 4.62. The van der Waals surface area contributed by atoms with Crippen LogP contribution in [0.4, 0.5) is 0 Å². The highest BCUT2D eigenvalue weighted by atomic mass is 14.8. The minimum absolute atomic E-state index is 0.851. The molecule has 1 heteroatoms. The second-order valence-electron chi connectivity index (χ2n) is 3.05. The molecule has 0 aromatic heterocycles. The molecule has 0 aromatic rings. The van der Waals surface area contributed by atoms with Gasteiger partial charge in [0.05, 0.1) is 0 Å². The molecule has 0 aromatic carbocycles. The van der Waals surface area contributed by atoms with Crippen LogP contribution in [0.1, 0.15) is 33.1 Å². The monoisotopic (exact) mass is 141 g/mol. The Labute approximate surface area is 64.5 Å². The summed E-state index contributed by atoms with van der Waals surface area (Å²) >= 11 is 0. The van der Waals surface area contributed by atoms with Crippen LogP contribution in [0.2, 0.25) is 0 Å². The van der Waals surface area contributed by atoms with Crippen LogP contribution in [-0.4, -0.2) is 6.54 Å². The molecule has 0 atom stereocenters. The van der Waals surface area contributed by atoms with Crippen molar-refractivity contribution in [1.82, 2.24) is 5.32 Å². The summed E-state index contributed by atoms with van der Waals surface area (Å²) in [7, 11) is 0. The van der Waals surface area contributed by atoms with E-state index in [4.69, 9.17) is 0 Å². The van der Waals surface area contributed by atoms with Crippen molar-refractivity contribution in [2.24, 2.45) is 5.92 Å². The summed E-state index contributed by atoms with van der Waals surface area (Å²) in [5.74, 6) is 0.851. The number of hydrogen-bond acceptors (Lipinski definition) is 1. The first kappa shape index (κ1) is 9.54. The standard InChI is InChI=1S/C9H19N/c1-4-10-8-6-5-7-9(2)3/h4,9-10H,1,5-8H2,2-3H3. The molecule has 0 spiro atoms. The molecule has 0 radical (unpaired) electrons. The van der Waals surface area contributed by atoms with Gasteiger partial charge in [-0.25, -0.2) is 0 Å².